The molecule has 0 saturated heterocycles. The Bertz CT molecular complexity index is 3360. The van der Waals surface area contributed by atoms with Crippen LogP contribution in [-0.2, 0) is 10.8 Å². The zero-order valence-corrected chi connectivity index (χ0v) is 39.1. The van der Waals surface area contributed by atoms with Crippen LogP contribution in [0.3, 0.4) is 0 Å². The molecular formula is C66H55N. The Hall–Kier alpha value is -7.74. The van der Waals surface area contributed by atoms with E-state index in [-0.39, 0.29) is 5.41 Å². The maximum Gasteiger partial charge on any atom is 0.0719 e. The smallest absolute Gasteiger partial charge is 0.0719 e. The van der Waals surface area contributed by atoms with Gasteiger partial charge in [0.15, 0.2) is 0 Å². The minimum Gasteiger partial charge on any atom is -0.310 e. The molecule has 1 heteroatoms. The van der Waals surface area contributed by atoms with Crippen LogP contribution in [0.1, 0.15) is 68.9 Å². The van der Waals surface area contributed by atoms with Gasteiger partial charge in [-0.25, -0.2) is 0 Å². The minimum absolute atomic E-state index is 0.0661. The maximum atomic E-state index is 4.14. The van der Waals surface area contributed by atoms with Crippen LogP contribution in [0.5, 0.6) is 0 Å². The number of nitrogens with zero attached hydrogens (tertiary/aromatic N) is 1. The number of rotatable bonds is 10. The molecule has 0 radical (unpaired) electrons. The zero-order chi connectivity index (χ0) is 45.9. The molecule has 1 atom stereocenters. The Labute approximate surface area is 397 Å². The molecule has 0 N–H and O–H groups in total. The van der Waals surface area contributed by atoms with Crippen molar-refractivity contribution in [3.8, 4) is 44.5 Å². The molecule has 8 aromatic carbocycles. The molecule has 3 aliphatic rings. The van der Waals surface area contributed by atoms with Crippen molar-refractivity contribution in [1.29, 1.82) is 0 Å². The highest BCUT2D eigenvalue weighted by molar-refractivity contribution is 6.00. The van der Waals surface area contributed by atoms with Crippen molar-refractivity contribution in [2.45, 2.75) is 51.9 Å². The van der Waals surface area contributed by atoms with Gasteiger partial charge >= 0.3 is 0 Å². The third-order valence-corrected chi connectivity index (χ3v) is 15.0. The van der Waals surface area contributed by atoms with Crippen molar-refractivity contribution in [1.82, 2.24) is 0 Å². The Kier molecular flexibility index (Phi) is 10.4. The second kappa shape index (κ2) is 16.6. The molecule has 0 aliphatic heterocycles. The van der Waals surface area contributed by atoms with Crippen LogP contribution >= 0.6 is 0 Å². The molecule has 0 heterocycles. The topological polar surface area (TPSA) is 3.24 Å². The fraction of sp³-hybridized carbons (Fsp3) is 0.121. The van der Waals surface area contributed by atoms with Gasteiger partial charge in [0, 0.05) is 22.4 Å². The van der Waals surface area contributed by atoms with Crippen molar-refractivity contribution < 1.29 is 0 Å². The van der Waals surface area contributed by atoms with Gasteiger partial charge in [-0.3, -0.25) is 0 Å². The summed E-state index contributed by atoms with van der Waals surface area (Å²) < 4.78 is 0. The van der Waals surface area contributed by atoms with Gasteiger partial charge in [-0.05, 0) is 145 Å². The average Bonchev–Trinajstić information content (AvgIpc) is 3.89. The lowest BCUT2D eigenvalue weighted by atomic mass is 9.68. The van der Waals surface area contributed by atoms with E-state index >= 15 is 0 Å². The second-order valence-electron chi connectivity index (χ2n) is 18.8. The summed E-state index contributed by atoms with van der Waals surface area (Å²) in [6.07, 6.45) is 9.77. The van der Waals surface area contributed by atoms with Gasteiger partial charge < -0.3 is 4.90 Å². The molecule has 8 aromatic rings. The van der Waals surface area contributed by atoms with Crippen molar-refractivity contribution >= 4 is 22.6 Å². The summed E-state index contributed by atoms with van der Waals surface area (Å²) >= 11 is 0. The Morgan fingerprint density at radius 2 is 1.01 bits per heavy atom. The molecule has 3 aliphatic carbocycles. The lowest BCUT2D eigenvalue weighted by Gasteiger charge is -2.34. The van der Waals surface area contributed by atoms with E-state index in [1.807, 2.05) is 6.08 Å². The first-order chi connectivity index (χ1) is 32.8. The first-order valence-electron chi connectivity index (χ1n) is 23.8. The maximum absolute atomic E-state index is 4.14. The van der Waals surface area contributed by atoms with E-state index < -0.39 is 5.41 Å². The van der Waals surface area contributed by atoms with Crippen molar-refractivity contribution in [2.75, 3.05) is 4.90 Å². The van der Waals surface area contributed by atoms with E-state index in [4.69, 9.17) is 0 Å². The number of fused-ring (bicyclic) bond motifs is 8. The molecule has 1 unspecified atom stereocenters. The minimum atomic E-state index is -0.546. The molecule has 0 amide bonds. The summed E-state index contributed by atoms with van der Waals surface area (Å²) in [7, 11) is 0. The van der Waals surface area contributed by atoms with Crippen molar-refractivity contribution in [3.63, 3.8) is 0 Å². The highest BCUT2D eigenvalue weighted by Gasteiger charge is 2.52. The van der Waals surface area contributed by atoms with Gasteiger partial charge in [0.25, 0.3) is 0 Å². The number of benzene rings is 8. The van der Waals surface area contributed by atoms with Gasteiger partial charge in [-0.1, -0.05) is 215 Å². The van der Waals surface area contributed by atoms with Crippen LogP contribution in [0.4, 0.5) is 17.1 Å². The Morgan fingerprint density at radius 3 is 1.69 bits per heavy atom. The van der Waals surface area contributed by atoms with Gasteiger partial charge in [0.2, 0.25) is 0 Å². The Balaban J connectivity index is 1.13. The third kappa shape index (κ3) is 6.51. The fourth-order valence-corrected chi connectivity index (χ4v) is 11.7. The summed E-state index contributed by atoms with van der Waals surface area (Å²) in [6, 6.07) is 71.9. The molecule has 67 heavy (non-hydrogen) atoms. The van der Waals surface area contributed by atoms with Crippen LogP contribution in [0.15, 0.2) is 247 Å². The van der Waals surface area contributed by atoms with E-state index in [0.29, 0.717) is 0 Å². The Morgan fingerprint density at radius 1 is 0.493 bits per heavy atom. The zero-order valence-electron chi connectivity index (χ0n) is 39.1. The normalized spacial score (nSPS) is 16.6. The molecular weight excluding hydrogens is 807 g/mol. The number of hydrogen-bond acceptors (Lipinski definition) is 1. The lowest BCUT2D eigenvalue weighted by Crippen LogP contribution is -2.28. The van der Waals surface area contributed by atoms with Crippen LogP contribution in [0.2, 0.25) is 0 Å². The van der Waals surface area contributed by atoms with E-state index in [1.54, 1.807) is 0 Å². The molecule has 11 rings (SSSR count). The van der Waals surface area contributed by atoms with E-state index in [0.717, 1.165) is 23.5 Å². The third-order valence-electron chi connectivity index (χ3n) is 15.0. The summed E-state index contributed by atoms with van der Waals surface area (Å²) in [4.78, 5) is 2.49. The van der Waals surface area contributed by atoms with Gasteiger partial charge in [-0.15, -0.1) is 0 Å². The van der Waals surface area contributed by atoms with Crippen LogP contribution in [-0.4, -0.2) is 0 Å². The van der Waals surface area contributed by atoms with Crippen LogP contribution < -0.4 is 4.90 Å². The molecule has 0 aromatic heterocycles. The van der Waals surface area contributed by atoms with Crippen LogP contribution in [0, 0.1) is 0 Å². The predicted molar refractivity (Wildman–Crippen MR) is 285 cm³/mol. The first kappa shape index (κ1) is 41.9. The van der Waals surface area contributed by atoms with E-state index in [2.05, 4.69) is 258 Å². The van der Waals surface area contributed by atoms with Crippen LogP contribution in [0.25, 0.3) is 50.1 Å². The average molecular weight is 862 g/mol. The van der Waals surface area contributed by atoms with E-state index in [1.165, 1.54) is 100 Å². The fourth-order valence-electron chi connectivity index (χ4n) is 11.7. The molecule has 0 fully saturated rings. The number of anilines is 3. The van der Waals surface area contributed by atoms with E-state index in [9.17, 15) is 0 Å². The molecule has 0 saturated carbocycles. The first-order valence-corrected chi connectivity index (χ1v) is 23.8. The lowest BCUT2D eigenvalue weighted by molar-refractivity contribution is 0.660. The van der Waals surface area contributed by atoms with Crippen molar-refractivity contribution in [3.05, 3.63) is 275 Å². The van der Waals surface area contributed by atoms with Crippen molar-refractivity contribution in [2.24, 2.45) is 0 Å². The summed E-state index contributed by atoms with van der Waals surface area (Å²) in [5.41, 5.74) is 26.0. The molecule has 1 nitrogen and oxygen atoms in total. The predicted octanol–water partition coefficient (Wildman–Crippen LogP) is 17.9. The number of hydrogen-bond donors (Lipinski definition) is 0. The molecule has 324 valence electrons. The quantitative estimate of drug-likeness (QED) is 0.124. The SMILES string of the molecule is C=C/C=C\C1=C(C)C(C)=C(/C=C(\CC)c2ccccc2)C12c1ccccc1-c1c(N(c3ccc(-c4ccccc4)cc3)c3ccc(-c4cccc5c4-c4ccccc4C5(C)C)cc3)cccc12. The summed E-state index contributed by atoms with van der Waals surface area (Å²) in [6.45, 7) is 15.8. The highest BCUT2D eigenvalue weighted by Crippen LogP contribution is 2.64. The standard InChI is InChI=1S/C66H55N/c1-7-9-29-56-44(3)45(4)61(43-46(8-2)47-22-12-10-13-23-47)66(56)58-31-19-17-27-55(58)64-60(66)33-21-34-62(64)67(51-39-35-49(36-40-51)48-24-14-11-15-25-48)52-41-37-50(38-42-52)53-28-20-32-59-63(53)54-26-16-18-30-57(54)65(59,5)6/h7,9-43H,1,8H2,2-6H3/b29-9-,46-43+. The molecule has 0 bridgehead atoms. The van der Waals surface area contributed by atoms with Gasteiger partial charge in [0.1, 0.15) is 0 Å². The monoisotopic (exact) mass is 861 g/mol. The van der Waals surface area contributed by atoms with Gasteiger partial charge in [0.05, 0.1) is 11.1 Å². The highest BCUT2D eigenvalue weighted by atomic mass is 15.1. The largest absolute Gasteiger partial charge is 0.310 e. The molecule has 1 spiro atoms. The summed E-state index contributed by atoms with van der Waals surface area (Å²) in [5.74, 6) is 0. The summed E-state index contributed by atoms with van der Waals surface area (Å²) in [5, 5.41) is 0. The number of allylic oxidation sites excluding steroid dienone is 9. The second-order valence-corrected chi connectivity index (χ2v) is 18.8. The van der Waals surface area contributed by atoms with Gasteiger partial charge in [-0.2, -0.15) is 0 Å².